The van der Waals surface area contributed by atoms with Crippen LogP contribution in [-0.4, -0.2) is 5.88 Å². The van der Waals surface area contributed by atoms with E-state index in [9.17, 15) is 0 Å². The van der Waals surface area contributed by atoms with E-state index in [0.717, 1.165) is 17.3 Å². The molecule has 3 saturated carbocycles. The van der Waals surface area contributed by atoms with E-state index in [4.69, 9.17) is 11.6 Å². The third-order valence-corrected chi connectivity index (χ3v) is 6.16. The number of alkyl halides is 1. The van der Waals surface area contributed by atoms with E-state index in [1.165, 1.54) is 62.5 Å². The zero-order chi connectivity index (χ0) is 14.2. The first-order chi connectivity index (χ1) is 9.69. The number of halogens is 1. The SMILES string of the molecule is C=C/C=C(\C(CCl)=C(/C)C1CC1)C1CCC2(CC1)CC2. The van der Waals surface area contributed by atoms with Crippen molar-refractivity contribution >= 4 is 11.6 Å². The van der Waals surface area contributed by atoms with Gasteiger partial charge in [0.25, 0.3) is 0 Å². The molecule has 0 aliphatic heterocycles. The van der Waals surface area contributed by atoms with Gasteiger partial charge in [-0.2, -0.15) is 0 Å². The molecule has 3 aliphatic carbocycles. The standard InChI is InChI=1S/C19H27Cl/c1-3-4-17(18(13-20)14(2)15-5-6-15)16-7-9-19(10-8-16)11-12-19/h3-4,15-16H,1,5-13H2,2H3/b17-4-,18-14+. The molecule has 1 spiro atoms. The Kier molecular flexibility index (Phi) is 4.13. The van der Waals surface area contributed by atoms with Crippen molar-refractivity contribution in [3.05, 3.63) is 35.5 Å². The highest BCUT2D eigenvalue weighted by atomic mass is 35.5. The average Bonchev–Trinajstić information content (AvgIpc) is 3.35. The number of hydrogen-bond donors (Lipinski definition) is 0. The molecule has 20 heavy (non-hydrogen) atoms. The van der Waals surface area contributed by atoms with Crippen LogP contribution in [0.5, 0.6) is 0 Å². The van der Waals surface area contributed by atoms with Crippen LogP contribution in [0, 0.1) is 17.3 Å². The Hall–Kier alpha value is -0.490. The van der Waals surface area contributed by atoms with Crippen LogP contribution in [-0.2, 0) is 0 Å². The fourth-order valence-electron chi connectivity index (χ4n) is 4.00. The van der Waals surface area contributed by atoms with Crippen molar-refractivity contribution in [1.82, 2.24) is 0 Å². The largest absolute Gasteiger partial charge is 0.122 e. The molecule has 0 atom stereocenters. The molecule has 0 nitrogen and oxygen atoms in total. The Balaban J connectivity index is 1.79. The van der Waals surface area contributed by atoms with Crippen LogP contribution in [0.2, 0.25) is 0 Å². The summed E-state index contributed by atoms with van der Waals surface area (Å²) in [5.74, 6) is 2.21. The van der Waals surface area contributed by atoms with Crippen LogP contribution < -0.4 is 0 Å². The lowest BCUT2D eigenvalue weighted by Crippen LogP contribution is -2.19. The Labute approximate surface area is 129 Å². The van der Waals surface area contributed by atoms with Gasteiger partial charge >= 0.3 is 0 Å². The lowest BCUT2D eigenvalue weighted by atomic mass is 9.74. The second-order valence-corrected chi connectivity index (χ2v) is 7.47. The topological polar surface area (TPSA) is 0 Å². The molecule has 0 bridgehead atoms. The van der Waals surface area contributed by atoms with Gasteiger partial charge in [0.05, 0.1) is 0 Å². The number of hydrogen-bond acceptors (Lipinski definition) is 0. The first-order valence-electron chi connectivity index (χ1n) is 8.28. The van der Waals surface area contributed by atoms with Crippen molar-refractivity contribution < 1.29 is 0 Å². The monoisotopic (exact) mass is 290 g/mol. The van der Waals surface area contributed by atoms with Crippen LogP contribution in [0.25, 0.3) is 0 Å². The van der Waals surface area contributed by atoms with Crippen LogP contribution in [0.4, 0.5) is 0 Å². The Morgan fingerprint density at radius 2 is 1.75 bits per heavy atom. The lowest BCUT2D eigenvalue weighted by Gasteiger charge is -2.31. The summed E-state index contributed by atoms with van der Waals surface area (Å²) in [5, 5.41) is 0. The minimum absolute atomic E-state index is 0.670. The molecule has 0 N–H and O–H groups in total. The highest BCUT2D eigenvalue weighted by Crippen LogP contribution is 2.58. The predicted octanol–water partition coefficient (Wildman–Crippen LogP) is 6.03. The fraction of sp³-hybridized carbons (Fsp3) is 0.684. The van der Waals surface area contributed by atoms with Gasteiger partial charge in [0.1, 0.15) is 0 Å². The van der Waals surface area contributed by atoms with Crippen molar-refractivity contribution in [2.24, 2.45) is 17.3 Å². The molecule has 0 saturated heterocycles. The number of allylic oxidation sites excluding steroid dienone is 5. The van der Waals surface area contributed by atoms with Crippen LogP contribution in [0.3, 0.4) is 0 Å². The average molecular weight is 291 g/mol. The molecule has 0 aromatic rings. The van der Waals surface area contributed by atoms with Gasteiger partial charge in [0, 0.05) is 5.88 Å². The third kappa shape index (κ3) is 2.91. The van der Waals surface area contributed by atoms with Gasteiger partial charge in [-0.15, -0.1) is 11.6 Å². The van der Waals surface area contributed by atoms with Gasteiger partial charge in [-0.25, -0.2) is 0 Å². The molecule has 0 heterocycles. The van der Waals surface area contributed by atoms with Crippen molar-refractivity contribution in [1.29, 1.82) is 0 Å². The maximum Gasteiger partial charge on any atom is 0.0476 e. The molecule has 0 unspecified atom stereocenters. The highest BCUT2D eigenvalue weighted by Gasteiger charge is 2.45. The van der Waals surface area contributed by atoms with Gasteiger partial charge in [-0.3, -0.25) is 0 Å². The summed E-state index contributed by atoms with van der Waals surface area (Å²) in [5.41, 5.74) is 5.27. The van der Waals surface area contributed by atoms with Crippen LogP contribution >= 0.6 is 11.6 Å². The summed E-state index contributed by atoms with van der Waals surface area (Å²) in [6.07, 6.45) is 15.5. The maximum atomic E-state index is 6.32. The molecule has 1 heteroatoms. The van der Waals surface area contributed by atoms with E-state index in [1.807, 2.05) is 6.08 Å². The second kappa shape index (κ2) is 5.72. The first-order valence-corrected chi connectivity index (χ1v) is 8.81. The molecular formula is C19H27Cl. The fourth-order valence-corrected chi connectivity index (χ4v) is 4.37. The van der Waals surface area contributed by atoms with E-state index in [2.05, 4.69) is 19.6 Å². The van der Waals surface area contributed by atoms with Crippen molar-refractivity contribution in [3.8, 4) is 0 Å². The summed E-state index contributed by atoms with van der Waals surface area (Å²) in [6, 6.07) is 0. The summed E-state index contributed by atoms with van der Waals surface area (Å²) < 4.78 is 0. The molecule has 3 aliphatic rings. The molecule has 0 aromatic heterocycles. The maximum absolute atomic E-state index is 6.32. The summed E-state index contributed by atoms with van der Waals surface area (Å²) in [4.78, 5) is 0. The second-order valence-electron chi connectivity index (χ2n) is 7.20. The third-order valence-electron chi connectivity index (χ3n) is 5.89. The Morgan fingerprint density at radius 3 is 2.20 bits per heavy atom. The Morgan fingerprint density at radius 1 is 1.10 bits per heavy atom. The zero-order valence-corrected chi connectivity index (χ0v) is 13.5. The molecule has 0 radical (unpaired) electrons. The molecule has 0 amide bonds. The van der Waals surface area contributed by atoms with E-state index >= 15 is 0 Å². The van der Waals surface area contributed by atoms with E-state index in [1.54, 1.807) is 5.57 Å². The summed E-state index contributed by atoms with van der Waals surface area (Å²) in [6.45, 7) is 6.23. The predicted molar refractivity (Wildman–Crippen MR) is 88.0 cm³/mol. The normalized spacial score (nSPS) is 27.4. The van der Waals surface area contributed by atoms with E-state index in [0.29, 0.717) is 5.88 Å². The molecule has 0 aromatic carbocycles. The van der Waals surface area contributed by atoms with Gasteiger partial charge < -0.3 is 0 Å². The van der Waals surface area contributed by atoms with Crippen LogP contribution in [0.15, 0.2) is 35.5 Å². The van der Waals surface area contributed by atoms with Crippen molar-refractivity contribution in [2.45, 2.75) is 58.3 Å². The summed E-state index contributed by atoms with van der Waals surface area (Å²) >= 11 is 6.32. The van der Waals surface area contributed by atoms with E-state index < -0.39 is 0 Å². The number of rotatable bonds is 5. The van der Waals surface area contributed by atoms with Gasteiger partial charge in [-0.1, -0.05) is 24.3 Å². The van der Waals surface area contributed by atoms with Gasteiger partial charge in [0.15, 0.2) is 0 Å². The first kappa shape index (κ1) is 14.4. The van der Waals surface area contributed by atoms with Gasteiger partial charge in [-0.05, 0) is 86.7 Å². The highest BCUT2D eigenvalue weighted by molar-refractivity contribution is 6.19. The smallest absolute Gasteiger partial charge is 0.0476 e. The molecule has 110 valence electrons. The minimum Gasteiger partial charge on any atom is -0.122 e. The quantitative estimate of drug-likeness (QED) is 0.428. The zero-order valence-electron chi connectivity index (χ0n) is 12.8. The van der Waals surface area contributed by atoms with Crippen LogP contribution in [0.1, 0.15) is 58.3 Å². The van der Waals surface area contributed by atoms with Crippen molar-refractivity contribution in [3.63, 3.8) is 0 Å². The summed E-state index contributed by atoms with van der Waals surface area (Å²) in [7, 11) is 0. The van der Waals surface area contributed by atoms with Gasteiger partial charge in [0.2, 0.25) is 0 Å². The minimum atomic E-state index is 0.670. The lowest BCUT2D eigenvalue weighted by molar-refractivity contribution is 0.283. The van der Waals surface area contributed by atoms with Crippen molar-refractivity contribution in [2.75, 3.05) is 5.88 Å². The molecule has 3 fully saturated rings. The molecule has 3 rings (SSSR count). The Bertz CT molecular complexity index is 436. The van der Waals surface area contributed by atoms with E-state index in [-0.39, 0.29) is 0 Å². The molecular weight excluding hydrogens is 264 g/mol.